The maximum Gasteiger partial charge on any atom is 0.408 e. The molecule has 116 valence electrons. The number of nitrogens with one attached hydrogen (secondary N) is 1. The van der Waals surface area contributed by atoms with Crippen molar-refractivity contribution in [1.82, 2.24) is 5.32 Å². The number of carboxylic acids is 1. The predicted octanol–water partition coefficient (Wildman–Crippen LogP) is 3.27. The molecular weight excluding hydrogens is 308 g/mol. The van der Waals surface area contributed by atoms with Gasteiger partial charge in [-0.15, -0.1) is 0 Å². The first-order valence-electron chi connectivity index (χ1n) is 5.88. The van der Waals surface area contributed by atoms with Crippen LogP contribution in [0.25, 0.3) is 0 Å². The van der Waals surface area contributed by atoms with Gasteiger partial charge in [0.1, 0.15) is 16.4 Å². The van der Waals surface area contributed by atoms with Gasteiger partial charge >= 0.3 is 12.1 Å². The van der Waals surface area contributed by atoms with Crippen molar-refractivity contribution in [2.45, 2.75) is 32.4 Å². The molecule has 0 aliphatic carbocycles. The number of hydrogen-bond acceptors (Lipinski definition) is 3. The molecule has 0 saturated carbocycles. The molecular formula is C13H14ClF2NO4. The van der Waals surface area contributed by atoms with Crippen LogP contribution in [0.3, 0.4) is 0 Å². The van der Waals surface area contributed by atoms with Gasteiger partial charge in [0.05, 0.1) is 0 Å². The first-order chi connectivity index (χ1) is 9.53. The Morgan fingerprint density at radius 2 is 1.90 bits per heavy atom. The van der Waals surface area contributed by atoms with Gasteiger partial charge in [0.25, 0.3) is 0 Å². The second-order valence-electron chi connectivity index (χ2n) is 5.18. The molecule has 0 bridgehead atoms. The smallest absolute Gasteiger partial charge is 0.408 e. The third-order valence-corrected chi connectivity index (χ3v) is 2.63. The zero-order valence-corrected chi connectivity index (χ0v) is 12.3. The molecule has 0 spiro atoms. The number of carbonyl (C=O) groups is 2. The lowest BCUT2D eigenvalue weighted by molar-refractivity contribution is -0.139. The summed E-state index contributed by atoms with van der Waals surface area (Å²) < 4.78 is 31.8. The highest BCUT2D eigenvalue weighted by Gasteiger charge is 2.29. The Hall–Kier alpha value is -1.89. The van der Waals surface area contributed by atoms with Crippen LogP contribution in [0.5, 0.6) is 0 Å². The molecule has 1 aromatic carbocycles. The summed E-state index contributed by atoms with van der Waals surface area (Å²) in [5, 5.41) is 10.2. The van der Waals surface area contributed by atoms with E-state index in [0.29, 0.717) is 0 Å². The second-order valence-corrected chi connectivity index (χ2v) is 5.56. The van der Waals surface area contributed by atoms with Crippen LogP contribution >= 0.6 is 11.6 Å². The van der Waals surface area contributed by atoms with Crippen molar-refractivity contribution in [3.63, 3.8) is 0 Å². The van der Waals surface area contributed by atoms with E-state index in [1.165, 1.54) is 0 Å². The van der Waals surface area contributed by atoms with Gasteiger partial charge in [-0.1, -0.05) is 17.7 Å². The van der Waals surface area contributed by atoms with E-state index in [4.69, 9.17) is 21.4 Å². The van der Waals surface area contributed by atoms with Crippen molar-refractivity contribution in [1.29, 1.82) is 0 Å². The largest absolute Gasteiger partial charge is 0.479 e. The average molecular weight is 322 g/mol. The fraction of sp³-hybridized carbons (Fsp3) is 0.385. The molecule has 5 nitrogen and oxygen atoms in total. The lowest BCUT2D eigenvalue weighted by Gasteiger charge is -2.22. The van der Waals surface area contributed by atoms with E-state index in [1.807, 2.05) is 5.32 Å². The summed E-state index contributed by atoms with van der Waals surface area (Å²) in [6, 6.07) is -0.0434. The van der Waals surface area contributed by atoms with Crippen LogP contribution in [-0.4, -0.2) is 22.8 Å². The summed E-state index contributed by atoms with van der Waals surface area (Å²) >= 11 is 5.39. The number of hydrogen-bond donors (Lipinski definition) is 2. The van der Waals surface area contributed by atoms with Crippen LogP contribution in [-0.2, 0) is 9.53 Å². The quantitative estimate of drug-likeness (QED) is 0.838. The molecule has 0 radical (unpaired) electrons. The normalized spacial score (nSPS) is 12.7. The zero-order chi connectivity index (χ0) is 16.4. The molecule has 1 aromatic rings. The number of rotatable bonds is 3. The van der Waals surface area contributed by atoms with Gasteiger partial charge in [0.15, 0.2) is 11.9 Å². The number of halogens is 3. The van der Waals surface area contributed by atoms with E-state index in [-0.39, 0.29) is 0 Å². The van der Waals surface area contributed by atoms with Crippen LogP contribution in [0, 0.1) is 11.6 Å². The summed E-state index contributed by atoms with van der Waals surface area (Å²) in [6.07, 6.45) is -1.05. The number of ether oxygens (including phenoxy) is 1. The SMILES string of the molecule is CC(C)(C)OC(=O)NC(C(=O)O)c1ccc(F)c(Cl)c1F. The summed E-state index contributed by atoms with van der Waals surface area (Å²) in [5.41, 5.74) is -1.33. The Kier molecular flexibility index (Phi) is 5.11. The average Bonchev–Trinajstić information content (AvgIpc) is 2.31. The Morgan fingerprint density at radius 1 is 1.33 bits per heavy atom. The van der Waals surface area contributed by atoms with E-state index in [0.717, 1.165) is 12.1 Å². The van der Waals surface area contributed by atoms with E-state index in [2.05, 4.69) is 0 Å². The monoisotopic (exact) mass is 321 g/mol. The molecule has 0 fully saturated rings. The highest BCUT2D eigenvalue weighted by molar-refractivity contribution is 6.31. The molecule has 1 unspecified atom stereocenters. The number of carbonyl (C=O) groups excluding carboxylic acids is 1. The Morgan fingerprint density at radius 3 is 2.38 bits per heavy atom. The molecule has 0 aliphatic rings. The predicted molar refractivity (Wildman–Crippen MR) is 71.1 cm³/mol. The minimum atomic E-state index is -1.75. The molecule has 1 rings (SSSR count). The minimum absolute atomic E-state index is 0.472. The van der Waals surface area contributed by atoms with Crippen LogP contribution < -0.4 is 5.32 Å². The van der Waals surface area contributed by atoms with Gasteiger partial charge in [0, 0.05) is 5.56 Å². The molecule has 21 heavy (non-hydrogen) atoms. The molecule has 0 aliphatic heterocycles. The van der Waals surface area contributed by atoms with Gasteiger partial charge in [-0.25, -0.2) is 18.4 Å². The standard InChI is InChI=1S/C13H14ClF2NO4/c1-13(2,3)21-12(20)17-10(11(18)19)6-4-5-7(15)8(14)9(6)16/h4-5,10H,1-3H3,(H,17,20)(H,18,19). The number of aliphatic carboxylic acids is 1. The van der Waals surface area contributed by atoms with Crippen LogP contribution in [0.1, 0.15) is 32.4 Å². The molecule has 0 saturated heterocycles. The van der Waals surface area contributed by atoms with Crippen LogP contribution in [0.15, 0.2) is 12.1 Å². The number of benzene rings is 1. The fourth-order valence-electron chi connectivity index (χ4n) is 1.46. The van der Waals surface area contributed by atoms with Crippen molar-refractivity contribution in [2.75, 3.05) is 0 Å². The zero-order valence-electron chi connectivity index (χ0n) is 11.5. The topological polar surface area (TPSA) is 75.6 Å². The van der Waals surface area contributed by atoms with E-state index in [1.54, 1.807) is 20.8 Å². The Balaban J connectivity index is 3.07. The third-order valence-electron chi connectivity index (χ3n) is 2.28. The van der Waals surface area contributed by atoms with Crippen molar-refractivity contribution in [3.05, 3.63) is 34.4 Å². The van der Waals surface area contributed by atoms with Gasteiger partial charge < -0.3 is 15.2 Å². The van der Waals surface area contributed by atoms with Crippen molar-refractivity contribution in [3.8, 4) is 0 Å². The van der Waals surface area contributed by atoms with Gasteiger partial charge in [-0.2, -0.15) is 0 Å². The van der Waals surface area contributed by atoms with E-state index >= 15 is 0 Å². The first-order valence-corrected chi connectivity index (χ1v) is 6.26. The Labute approximate surface area is 124 Å². The Bertz CT molecular complexity index is 572. The van der Waals surface area contributed by atoms with Crippen LogP contribution in [0.2, 0.25) is 5.02 Å². The molecule has 1 amide bonds. The van der Waals surface area contributed by atoms with Gasteiger partial charge in [-0.05, 0) is 26.8 Å². The highest BCUT2D eigenvalue weighted by Crippen LogP contribution is 2.26. The fourth-order valence-corrected chi connectivity index (χ4v) is 1.63. The molecule has 2 N–H and O–H groups in total. The molecule has 1 atom stereocenters. The highest BCUT2D eigenvalue weighted by atomic mass is 35.5. The summed E-state index contributed by atoms with van der Waals surface area (Å²) in [4.78, 5) is 22.8. The maximum atomic E-state index is 13.8. The van der Waals surface area contributed by atoms with Gasteiger partial charge in [0.2, 0.25) is 0 Å². The maximum absolute atomic E-state index is 13.8. The van der Waals surface area contributed by atoms with Crippen molar-refractivity contribution >= 4 is 23.7 Å². The summed E-state index contributed by atoms with van der Waals surface area (Å²) in [5.74, 6) is -3.82. The third kappa shape index (κ3) is 4.56. The van der Waals surface area contributed by atoms with E-state index < -0.39 is 45.9 Å². The number of alkyl carbamates (subject to hydrolysis) is 1. The number of amides is 1. The van der Waals surface area contributed by atoms with Crippen molar-refractivity contribution in [2.24, 2.45) is 0 Å². The first kappa shape index (κ1) is 17.2. The number of carboxylic acid groups (broad SMARTS) is 1. The summed E-state index contributed by atoms with van der Waals surface area (Å²) in [6.45, 7) is 4.74. The van der Waals surface area contributed by atoms with Crippen molar-refractivity contribution < 1.29 is 28.2 Å². The molecule has 0 aromatic heterocycles. The minimum Gasteiger partial charge on any atom is -0.479 e. The van der Waals surface area contributed by atoms with E-state index in [9.17, 15) is 18.4 Å². The molecule has 8 heteroatoms. The van der Waals surface area contributed by atoms with Crippen LogP contribution in [0.4, 0.5) is 13.6 Å². The van der Waals surface area contributed by atoms with Gasteiger partial charge in [-0.3, -0.25) is 0 Å². The lowest BCUT2D eigenvalue weighted by atomic mass is 10.1. The summed E-state index contributed by atoms with van der Waals surface area (Å²) in [7, 11) is 0. The molecule has 0 heterocycles. The lowest BCUT2D eigenvalue weighted by Crippen LogP contribution is -2.38. The second kappa shape index (κ2) is 6.26.